The van der Waals surface area contributed by atoms with Gasteiger partial charge in [-0.2, -0.15) is 5.10 Å². The zero-order valence-electron chi connectivity index (χ0n) is 17.0. The van der Waals surface area contributed by atoms with Crippen LogP contribution in [-0.4, -0.2) is 28.8 Å². The number of carbonyl (C=O) groups excluding carboxylic acids is 1. The second-order valence-corrected chi connectivity index (χ2v) is 7.53. The van der Waals surface area contributed by atoms with Crippen LogP contribution in [0.2, 0.25) is 5.15 Å². The predicted octanol–water partition coefficient (Wildman–Crippen LogP) is 4.71. The van der Waals surface area contributed by atoms with Crippen LogP contribution in [0.5, 0.6) is 5.75 Å². The molecule has 1 N–H and O–H groups in total. The lowest BCUT2D eigenvalue weighted by Gasteiger charge is -2.08. The molecule has 0 unspecified atom stereocenters. The molecule has 3 rings (SSSR count). The highest BCUT2D eigenvalue weighted by Gasteiger charge is 2.20. The number of carbonyl (C=O) groups is 1. The average molecular weight is 412 g/mol. The monoisotopic (exact) mass is 411 g/mol. The molecule has 0 fully saturated rings. The Bertz CT molecular complexity index is 980. The van der Waals surface area contributed by atoms with E-state index in [-0.39, 0.29) is 5.91 Å². The number of benzene rings is 2. The Morgan fingerprint density at radius 3 is 2.59 bits per heavy atom. The van der Waals surface area contributed by atoms with E-state index in [0.717, 1.165) is 16.9 Å². The zero-order valence-corrected chi connectivity index (χ0v) is 17.8. The van der Waals surface area contributed by atoms with Crippen molar-refractivity contribution < 1.29 is 9.53 Å². The second kappa shape index (κ2) is 9.61. The van der Waals surface area contributed by atoms with Crippen molar-refractivity contribution in [1.29, 1.82) is 0 Å². The number of amides is 1. The largest absolute Gasteiger partial charge is 0.494 e. The fourth-order valence-electron chi connectivity index (χ4n) is 3.04. The first kappa shape index (κ1) is 20.9. The average Bonchev–Trinajstić information content (AvgIpc) is 2.96. The van der Waals surface area contributed by atoms with Crippen LogP contribution in [0.1, 0.15) is 39.2 Å². The smallest absolute Gasteiger partial charge is 0.256 e. The molecule has 1 amide bonds. The molecule has 1 heterocycles. The van der Waals surface area contributed by atoms with Gasteiger partial charge in [-0.3, -0.25) is 4.79 Å². The maximum atomic E-state index is 12.6. The van der Waals surface area contributed by atoms with Crippen molar-refractivity contribution in [1.82, 2.24) is 15.1 Å². The molecule has 29 heavy (non-hydrogen) atoms. The molecule has 1 aromatic heterocycles. The van der Waals surface area contributed by atoms with Crippen LogP contribution < -0.4 is 10.1 Å². The summed E-state index contributed by atoms with van der Waals surface area (Å²) in [6.45, 7) is 7.43. The third kappa shape index (κ3) is 5.61. The fourth-order valence-corrected chi connectivity index (χ4v) is 3.36. The van der Waals surface area contributed by atoms with Crippen molar-refractivity contribution in [3.8, 4) is 5.75 Å². The third-order valence-electron chi connectivity index (χ3n) is 4.61. The van der Waals surface area contributed by atoms with Crippen LogP contribution in [0.15, 0.2) is 48.5 Å². The standard InChI is InChI=1S/C23H26ClN3O2/c1-16-8-10-19(11-9-16)15-27-22(24)21(18(3)26-27)23(28)25-12-5-13-29-20-7-4-6-17(2)14-20/h4,6-11,14H,5,12-13,15H2,1-3H3,(H,25,28). The Kier molecular flexibility index (Phi) is 6.94. The molecule has 0 aliphatic carbocycles. The maximum absolute atomic E-state index is 12.6. The van der Waals surface area contributed by atoms with E-state index in [1.54, 1.807) is 11.6 Å². The minimum atomic E-state index is -0.210. The topological polar surface area (TPSA) is 56.2 Å². The Labute approximate surface area is 176 Å². The summed E-state index contributed by atoms with van der Waals surface area (Å²) in [5.74, 6) is 0.630. The number of nitrogens with one attached hydrogen (secondary N) is 1. The molecule has 0 radical (unpaired) electrons. The van der Waals surface area contributed by atoms with Crippen LogP contribution in [0.4, 0.5) is 0 Å². The van der Waals surface area contributed by atoms with Gasteiger partial charge in [0.25, 0.3) is 5.91 Å². The Morgan fingerprint density at radius 1 is 1.10 bits per heavy atom. The van der Waals surface area contributed by atoms with Crippen molar-refractivity contribution in [2.24, 2.45) is 0 Å². The van der Waals surface area contributed by atoms with E-state index < -0.39 is 0 Å². The van der Waals surface area contributed by atoms with Gasteiger partial charge in [0, 0.05) is 6.54 Å². The minimum Gasteiger partial charge on any atom is -0.494 e. The molecule has 0 bridgehead atoms. The van der Waals surface area contributed by atoms with Crippen molar-refractivity contribution in [2.45, 2.75) is 33.7 Å². The summed E-state index contributed by atoms with van der Waals surface area (Å²) >= 11 is 6.46. The highest BCUT2D eigenvalue weighted by Crippen LogP contribution is 2.21. The van der Waals surface area contributed by atoms with Gasteiger partial charge >= 0.3 is 0 Å². The molecule has 0 aliphatic rings. The van der Waals surface area contributed by atoms with Gasteiger partial charge in [-0.15, -0.1) is 0 Å². The summed E-state index contributed by atoms with van der Waals surface area (Å²) in [5, 5.41) is 7.70. The molecule has 0 saturated heterocycles. The number of hydrogen-bond acceptors (Lipinski definition) is 3. The first-order valence-electron chi connectivity index (χ1n) is 9.70. The van der Waals surface area contributed by atoms with Crippen LogP contribution in [0.25, 0.3) is 0 Å². The quantitative estimate of drug-likeness (QED) is 0.546. The van der Waals surface area contributed by atoms with Crippen molar-refractivity contribution in [3.05, 3.63) is 81.6 Å². The molecule has 2 aromatic carbocycles. The van der Waals surface area contributed by atoms with Crippen LogP contribution in [0.3, 0.4) is 0 Å². The summed E-state index contributed by atoms with van der Waals surface area (Å²) in [6.07, 6.45) is 0.702. The highest BCUT2D eigenvalue weighted by atomic mass is 35.5. The number of halogens is 1. The van der Waals surface area contributed by atoms with Crippen LogP contribution in [0, 0.1) is 20.8 Å². The van der Waals surface area contributed by atoms with Gasteiger partial charge in [-0.1, -0.05) is 53.6 Å². The summed E-state index contributed by atoms with van der Waals surface area (Å²) < 4.78 is 7.37. The molecular formula is C23H26ClN3O2. The van der Waals surface area contributed by atoms with Crippen LogP contribution >= 0.6 is 11.6 Å². The molecule has 0 saturated carbocycles. The van der Waals surface area contributed by atoms with E-state index in [4.69, 9.17) is 16.3 Å². The minimum absolute atomic E-state index is 0.210. The number of aryl methyl sites for hydroxylation is 3. The van der Waals surface area contributed by atoms with Gasteiger partial charge in [0.2, 0.25) is 0 Å². The third-order valence-corrected chi connectivity index (χ3v) is 4.99. The summed E-state index contributed by atoms with van der Waals surface area (Å²) in [4.78, 5) is 12.6. The molecule has 5 nitrogen and oxygen atoms in total. The fraction of sp³-hybridized carbons (Fsp3) is 0.304. The van der Waals surface area contributed by atoms with Crippen LogP contribution in [-0.2, 0) is 6.54 Å². The molecule has 0 spiro atoms. The predicted molar refractivity (Wildman–Crippen MR) is 116 cm³/mol. The second-order valence-electron chi connectivity index (χ2n) is 7.17. The molecule has 3 aromatic rings. The summed E-state index contributed by atoms with van der Waals surface area (Å²) in [7, 11) is 0. The SMILES string of the molecule is Cc1ccc(Cn2nc(C)c(C(=O)NCCCOc3cccc(C)c3)c2Cl)cc1. The molecular weight excluding hydrogens is 386 g/mol. The van der Waals surface area contributed by atoms with Gasteiger partial charge in [-0.05, 0) is 50.5 Å². The van der Waals surface area contributed by atoms with Gasteiger partial charge in [0.1, 0.15) is 10.9 Å². The van der Waals surface area contributed by atoms with Gasteiger partial charge in [0.05, 0.1) is 24.4 Å². The first-order chi connectivity index (χ1) is 13.9. The molecule has 6 heteroatoms. The van der Waals surface area contributed by atoms with E-state index in [2.05, 4.69) is 10.4 Å². The summed E-state index contributed by atoms with van der Waals surface area (Å²) in [6, 6.07) is 16.1. The lowest BCUT2D eigenvalue weighted by Crippen LogP contribution is -2.26. The number of nitrogens with zero attached hydrogens (tertiary/aromatic N) is 2. The summed E-state index contributed by atoms with van der Waals surface area (Å²) in [5.41, 5.74) is 4.49. The van der Waals surface area contributed by atoms with Gasteiger partial charge in [0.15, 0.2) is 0 Å². The van der Waals surface area contributed by atoms with Gasteiger partial charge < -0.3 is 10.1 Å². The molecule has 0 aliphatic heterocycles. The lowest BCUT2D eigenvalue weighted by atomic mass is 10.1. The number of ether oxygens (including phenoxy) is 1. The van der Waals surface area contributed by atoms with E-state index in [1.165, 1.54) is 5.56 Å². The van der Waals surface area contributed by atoms with Crippen molar-refractivity contribution in [3.63, 3.8) is 0 Å². The Hall–Kier alpha value is -2.79. The van der Waals surface area contributed by atoms with E-state index in [9.17, 15) is 4.79 Å². The molecule has 0 atom stereocenters. The highest BCUT2D eigenvalue weighted by molar-refractivity contribution is 6.33. The maximum Gasteiger partial charge on any atom is 0.256 e. The van der Waals surface area contributed by atoms with E-state index in [1.807, 2.05) is 62.4 Å². The van der Waals surface area contributed by atoms with Crippen molar-refractivity contribution in [2.75, 3.05) is 13.2 Å². The first-order valence-corrected chi connectivity index (χ1v) is 10.1. The number of hydrogen-bond donors (Lipinski definition) is 1. The normalized spacial score (nSPS) is 10.8. The Balaban J connectivity index is 1.52. The molecule has 152 valence electrons. The zero-order chi connectivity index (χ0) is 20.8. The van der Waals surface area contributed by atoms with Crippen molar-refractivity contribution >= 4 is 17.5 Å². The number of rotatable bonds is 8. The lowest BCUT2D eigenvalue weighted by molar-refractivity contribution is 0.0951. The Morgan fingerprint density at radius 2 is 1.86 bits per heavy atom. The van der Waals surface area contributed by atoms with E-state index in [0.29, 0.717) is 42.5 Å². The van der Waals surface area contributed by atoms with E-state index >= 15 is 0 Å². The van der Waals surface area contributed by atoms with Gasteiger partial charge in [-0.25, -0.2) is 4.68 Å². The number of aromatic nitrogens is 2.